The molecule has 6 heteroatoms. The molecule has 0 spiro atoms. The van der Waals surface area contributed by atoms with E-state index in [0.717, 1.165) is 29.1 Å². The molecule has 22 heavy (non-hydrogen) atoms. The van der Waals surface area contributed by atoms with E-state index in [2.05, 4.69) is 31.1 Å². The Balaban J connectivity index is 1.56. The molecule has 1 aliphatic rings. The molecule has 1 aliphatic heterocycles. The molecule has 5 nitrogen and oxygen atoms in total. The molecule has 114 valence electrons. The smallest absolute Gasteiger partial charge is 0.321 e. The van der Waals surface area contributed by atoms with Gasteiger partial charge in [0.1, 0.15) is 5.82 Å². The number of urea groups is 1. The standard InChI is InChI=1S/C16H17BrN4O/c17-13-4-3-5-14(12-13)19-16(22)21-10-8-20(9-11-21)15-6-1-2-7-18-15/h1-7,12H,8-11H2,(H,19,22). The van der Waals surface area contributed by atoms with Gasteiger partial charge in [-0.15, -0.1) is 0 Å². The zero-order chi connectivity index (χ0) is 15.4. The number of aromatic nitrogens is 1. The molecule has 0 bridgehead atoms. The molecule has 1 fully saturated rings. The molecular formula is C16H17BrN4O. The normalized spacial score (nSPS) is 14.8. The summed E-state index contributed by atoms with van der Waals surface area (Å²) in [7, 11) is 0. The van der Waals surface area contributed by atoms with Crippen LogP contribution < -0.4 is 10.2 Å². The second-order valence-corrected chi connectivity index (χ2v) is 6.02. The van der Waals surface area contributed by atoms with Crippen LogP contribution in [0.1, 0.15) is 0 Å². The van der Waals surface area contributed by atoms with Crippen LogP contribution in [0.5, 0.6) is 0 Å². The third-order valence-corrected chi connectivity index (χ3v) is 4.11. The van der Waals surface area contributed by atoms with Crippen molar-refractivity contribution in [2.45, 2.75) is 0 Å². The van der Waals surface area contributed by atoms with Gasteiger partial charge in [0.05, 0.1) is 0 Å². The third kappa shape index (κ3) is 3.57. The molecule has 3 rings (SSSR count). The summed E-state index contributed by atoms with van der Waals surface area (Å²) in [5.74, 6) is 0.967. The highest BCUT2D eigenvalue weighted by Gasteiger charge is 2.21. The van der Waals surface area contributed by atoms with Gasteiger partial charge in [0.15, 0.2) is 0 Å². The van der Waals surface area contributed by atoms with Crippen LogP contribution >= 0.6 is 15.9 Å². The van der Waals surface area contributed by atoms with Crippen molar-refractivity contribution in [2.24, 2.45) is 0 Å². The SMILES string of the molecule is O=C(Nc1cccc(Br)c1)N1CCN(c2ccccn2)CC1. The lowest BCUT2D eigenvalue weighted by atomic mass is 10.3. The molecular weight excluding hydrogens is 344 g/mol. The van der Waals surface area contributed by atoms with Crippen LogP contribution in [-0.2, 0) is 0 Å². The molecule has 0 aliphatic carbocycles. The lowest BCUT2D eigenvalue weighted by Crippen LogP contribution is -2.50. The van der Waals surface area contributed by atoms with Crippen molar-refractivity contribution in [2.75, 3.05) is 36.4 Å². The van der Waals surface area contributed by atoms with E-state index >= 15 is 0 Å². The summed E-state index contributed by atoms with van der Waals surface area (Å²) >= 11 is 3.40. The second-order valence-electron chi connectivity index (χ2n) is 5.10. The van der Waals surface area contributed by atoms with Gasteiger partial charge in [-0.2, -0.15) is 0 Å². The number of halogens is 1. The molecule has 0 atom stereocenters. The Morgan fingerprint density at radius 2 is 1.91 bits per heavy atom. The Kier molecular flexibility index (Phi) is 4.58. The summed E-state index contributed by atoms with van der Waals surface area (Å²) in [4.78, 5) is 20.7. The van der Waals surface area contributed by atoms with Crippen LogP contribution in [-0.4, -0.2) is 42.1 Å². The highest BCUT2D eigenvalue weighted by atomic mass is 79.9. The number of benzene rings is 1. The third-order valence-electron chi connectivity index (χ3n) is 3.62. The van der Waals surface area contributed by atoms with Crippen LogP contribution in [0.25, 0.3) is 0 Å². The van der Waals surface area contributed by atoms with Crippen LogP contribution in [0, 0.1) is 0 Å². The second kappa shape index (κ2) is 6.79. The van der Waals surface area contributed by atoms with Gasteiger partial charge in [-0.25, -0.2) is 9.78 Å². The van der Waals surface area contributed by atoms with Gasteiger partial charge in [-0.3, -0.25) is 0 Å². The van der Waals surface area contributed by atoms with Gasteiger partial charge in [-0.1, -0.05) is 28.1 Å². The minimum atomic E-state index is -0.0567. The van der Waals surface area contributed by atoms with Crippen LogP contribution in [0.15, 0.2) is 53.1 Å². The zero-order valence-corrected chi connectivity index (χ0v) is 13.7. The van der Waals surface area contributed by atoms with Crippen molar-refractivity contribution in [3.8, 4) is 0 Å². The first-order chi connectivity index (χ1) is 10.7. The largest absolute Gasteiger partial charge is 0.353 e. The number of carbonyl (C=O) groups is 1. The fourth-order valence-corrected chi connectivity index (χ4v) is 2.85. The molecule has 1 saturated heterocycles. The number of carbonyl (C=O) groups excluding carboxylic acids is 1. The Labute approximate surface area is 138 Å². The minimum absolute atomic E-state index is 0.0567. The van der Waals surface area contributed by atoms with Crippen molar-refractivity contribution < 1.29 is 4.79 Å². The maximum absolute atomic E-state index is 12.3. The zero-order valence-electron chi connectivity index (χ0n) is 12.1. The first kappa shape index (κ1) is 14.8. The fraction of sp³-hybridized carbons (Fsp3) is 0.250. The topological polar surface area (TPSA) is 48.5 Å². The summed E-state index contributed by atoms with van der Waals surface area (Å²) in [5, 5.41) is 2.93. The Morgan fingerprint density at radius 1 is 1.09 bits per heavy atom. The van der Waals surface area contributed by atoms with Gasteiger partial charge in [0.25, 0.3) is 0 Å². The Morgan fingerprint density at radius 3 is 2.59 bits per heavy atom. The maximum atomic E-state index is 12.3. The van der Waals surface area contributed by atoms with Crippen molar-refractivity contribution in [3.05, 3.63) is 53.1 Å². The summed E-state index contributed by atoms with van der Waals surface area (Å²) in [5.41, 5.74) is 0.798. The highest BCUT2D eigenvalue weighted by molar-refractivity contribution is 9.10. The number of amides is 2. The van der Waals surface area contributed by atoms with Gasteiger partial charge in [0.2, 0.25) is 0 Å². The van der Waals surface area contributed by atoms with Gasteiger partial charge < -0.3 is 15.1 Å². The number of nitrogens with zero attached hydrogens (tertiary/aromatic N) is 3. The first-order valence-electron chi connectivity index (χ1n) is 7.20. The summed E-state index contributed by atoms with van der Waals surface area (Å²) in [6, 6.07) is 13.4. The van der Waals surface area contributed by atoms with Crippen LogP contribution in [0.3, 0.4) is 0 Å². The molecule has 2 amide bonds. The van der Waals surface area contributed by atoms with E-state index in [4.69, 9.17) is 0 Å². The van der Waals surface area contributed by atoms with Gasteiger partial charge in [0, 0.05) is 42.5 Å². The number of pyridine rings is 1. The monoisotopic (exact) mass is 360 g/mol. The minimum Gasteiger partial charge on any atom is -0.353 e. The predicted molar refractivity (Wildman–Crippen MR) is 91.2 cm³/mol. The number of hydrogen-bond donors (Lipinski definition) is 1. The van der Waals surface area contributed by atoms with E-state index in [9.17, 15) is 4.79 Å². The number of rotatable bonds is 2. The molecule has 1 aromatic carbocycles. The Bertz CT molecular complexity index is 642. The average Bonchev–Trinajstić information content (AvgIpc) is 2.56. The summed E-state index contributed by atoms with van der Waals surface area (Å²) in [6.07, 6.45) is 1.79. The van der Waals surface area contributed by atoms with Crippen LogP contribution in [0.2, 0.25) is 0 Å². The molecule has 2 heterocycles. The van der Waals surface area contributed by atoms with Crippen molar-refractivity contribution >= 4 is 33.5 Å². The number of hydrogen-bond acceptors (Lipinski definition) is 3. The Hall–Kier alpha value is -2.08. The van der Waals surface area contributed by atoms with E-state index in [-0.39, 0.29) is 6.03 Å². The lowest BCUT2D eigenvalue weighted by Gasteiger charge is -2.35. The van der Waals surface area contributed by atoms with E-state index < -0.39 is 0 Å². The molecule has 2 aromatic rings. The molecule has 0 saturated carbocycles. The quantitative estimate of drug-likeness (QED) is 0.894. The van der Waals surface area contributed by atoms with Crippen molar-refractivity contribution in [1.82, 2.24) is 9.88 Å². The van der Waals surface area contributed by atoms with Gasteiger partial charge in [-0.05, 0) is 30.3 Å². The number of piperazine rings is 1. The number of nitrogens with one attached hydrogen (secondary N) is 1. The summed E-state index contributed by atoms with van der Waals surface area (Å²) < 4.78 is 0.949. The van der Waals surface area contributed by atoms with Gasteiger partial charge >= 0.3 is 6.03 Å². The molecule has 0 unspecified atom stereocenters. The molecule has 1 N–H and O–H groups in total. The predicted octanol–water partition coefficient (Wildman–Crippen LogP) is 3.20. The van der Waals surface area contributed by atoms with E-state index in [0.29, 0.717) is 13.1 Å². The maximum Gasteiger partial charge on any atom is 0.321 e. The highest BCUT2D eigenvalue weighted by Crippen LogP contribution is 2.17. The summed E-state index contributed by atoms with van der Waals surface area (Å²) in [6.45, 7) is 2.97. The fourth-order valence-electron chi connectivity index (χ4n) is 2.45. The lowest BCUT2D eigenvalue weighted by molar-refractivity contribution is 0.208. The van der Waals surface area contributed by atoms with E-state index in [1.807, 2.05) is 47.4 Å². The number of anilines is 2. The molecule has 1 aromatic heterocycles. The first-order valence-corrected chi connectivity index (χ1v) is 7.99. The van der Waals surface area contributed by atoms with Crippen molar-refractivity contribution in [1.29, 1.82) is 0 Å². The van der Waals surface area contributed by atoms with E-state index in [1.165, 1.54) is 0 Å². The van der Waals surface area contributed by atoms with E-state index in [1.54, 1.807) is 6.20 Å². The van der Waals surface area contributed by atoms with Crippen molar-refractivity contribution in [3.63, 3.8) is 0 Å². The van der Waals surface area contributed by atoms with Crippen LogP contribution in [0.4, 0.5) is 16.3 Å². The molecule has 0 radical (unpaired) electrons. The average molecular weight is 361 g/mol.